The van der Waals surface area contributed by atoms with E-state index in [9.17, 15) is 35.2 Å². The molecule has 2 aromatic carbocycles. The van der Waals surface area contributed by atoms with E-state index in [0.717, 1.165) is 24.3 Å². The first-order valence-corrected chi connectivity index (χ1v) is 10.2. The van der Waals surface area contributed by atoms with Gasteiger partial charge in [0.25, 0.3) is 11.7 Å². The molecule has 1 amide bonds. The summed E-state index contributed by atoms with van der Waals surface area (Å²) in [7, 11) is -4.59. The fraction of sp³-hybridized carbons (Fsp3) is 0.118. The second kappa shape index (κ2) is 8.11. The SMILES string of the molecule is NS(=O)(=O)c1cc(NC(=O)C(F)(F)c2ccccc2Cl)ccc1-n1cnc(C(F)(F)F)n1. The van der Waals surface area contributed by atoms with Crippen LogP contribution in [0.5, 0.6) is 0 Å². The van der Waals surface area contributed by atoms with Gasteiger partial charge in [-0.3, -0.25) is 4.79 Å². The topological polar surface area (TPSA) is 120 Å². The van der Waals surface area contributed by atoms with Gasteiger partial charge < -0.3 is 5.32 Å². The van der Waals surface area contributed by atoms with E-state index in [-0.39, 0.29) is 5.02 Å². The number of hydrogen-bond donors (Lipinski definition) is 2. The summed E-state index contributed by atoms with van der Waals surface area (Å²) in [6, 6.07) is 7.29. The Labute approximate surface area is 181 Å². The number of alkyl halides is 5. The predicted molar refractivity (Wildman–Crippen MR) is 102 cm³/mol. The third-order valence-electron chi connectivity index (χ3n) is 4.01. The Morgan fingerprint density at radius 3 is 2.31 bits per heavy atom. The first-order valence-electron chi connectivity index (χ1n) is 8.31. The molecule has 0 saturated carbocycles. The number of rotatable bonds is 5. The van der Waals surface area contributed by atoms with Gasteiger partial charge in [-0.25, -0.2) is 23.2 Å². The third-order valence-corrected chi connectivity index (χ3v) is 5.28. The summed E-state index contributed by atoms with van der Waals surface area (Å²) < 4.78 is 91.6. The maximum Gasteiger partial charge on any atom is 0.453 e. The van der Waals surface area contributed by atoms with Crippen molar-refractivity contribution in [3.63, 3.8) is 0 Å². The Hall–Kier alpha value is -3.10. The highest BCUT2D eigenvalue weighted by atomic mass is 35.5. The number of hydrogen-bond acceptors (Lipinski definition) is 5. The predicted octanol–water partition coefficient (Wildman–Crippen LogP) is 3.32. The van der Waals surface area contributed by atoms with Crippen LogP contribution in [0.1, 0.15) is 11.4 Å². The van der Waals surface area contributed by atoms with E-state index in [1.54, 1.807) is 0 Å². The fourth-order valence-corrected chi connectivity index (χ4v) is 3.56. The molecule has 8 nitrogen and oxygen atoms in total. The molecule has 0 spiro atoms. The number of nitrogens with zero attached hydrogens (tertiary/aromatic N) is 3. The standard InChI is InChI=1S/C17H11ClF5N5O3S/c18-11-4-2-1-3-10(11)16(19,20)15(29)26-9-5-6-12(13(7-9)32(24,30)31)28-8-25-14(27-28)17(21,22)23/h1-8H,(H,26,29)(H2,24,30,31). The maximum absolute atomic E-state index is 14.5. The molecule has 3 aromatic rings. The van der Waals surface area contributed by atoms with Crippen LogP contribution in [0.15, 0.2) is 53.7 Å². The van der Waals surface area contributed by atoms with Crippen LogP contribution in [0.4, 0.5) is 27.6 Å². The molecule has 0 fully saturated rings. The smallest absolute Gasteiger partial charge is 0.320 e. The quantitative estimate of drug-likeness (QED) is 0.526. The average molecular weight is 496 g/mol. The number of carbonyl (C=O) groups excluding carboxylic acids is 1. The largest absolute Gasteiger partial charge is 0.453 e. The van der Waals surface area contributed by atoms with Crippen molar-refractivity contribution >= 4 is 33.2 Å². The first kappa shape index (κ1) is 23.6. The highest BCUT2D eigenvalue weighted by Crippen LogP contribution is 2.35. The molecule has 0 aliphatic carbocycles. The van der Waals surface area contributed by atoms with Crippen molar-refractivity contribution < 1.29 is 35.2 Å². The molecule has 0 bridgehead atoms. The zero-order chi connectivity index (χ0) is 23.9. The molecular weight excluding hydrogens is 485 g/mol. The molecule has 0 atom stereocenters. The normalized spacial score (nSPS) is 12.6. The minimum absolute atomic E-state index is 0.375. The minimum Gasteiger partial charge on any atom is -0.320 e. The number of anilines is 1. The minimum atomic E-state index is -4.90. The number of benzene rings is 2. The lowest BCUT2D eigenvalue weighted by molar-refractivity contribution is -0.144. The van der Waals surface area contributed by atoms with Crippen LogP contribution in [0.3, 0.4) is 0 Å². The van der Waals surface area contributed by atoms with Gasteiger partial charge in [0, 0.05) is 11.3 Å². The zero-order valence-corrected chi connectivity index (χ0v) is 17.0. The summed E-state index contributed by atoms with van der Waals surface area (Å²) in [5.74, 6) is -7.47. The molecule has 32 heavy (non-hydrogen) atoms. The van der Waals surface area contributed by atoms with Crippen molar-refractivity contribution in [3.05, 3.63) is 65.2 Å². The van der Waals surface area contributed by atoms with Crippen molar-refractivity contribution in [2.24, 2.45) is 5.14 Å². The Morgan fingerprint density at radius 2 is 1.75 bits per heavy atom. The summed E-state index contributed by atoms with van der Waals surface area (Å²) in [5, 5.41) is 9.70. The second-order valence-electron chi connectivity index (χ2n) is 6.25. The van der Waals surface area contributed by atoms with E-state index in [0.29, 0.717) is 17.1 Å². The summed E-state index contributed by atoms with van der Waals surface area (Å²) >= 11 is 5.71. The molecule has 0 aliphatic rings. The number of amides is 1. The lowest BCUT2D eigenvalue weighted by Gasteiger charge is -2.18. The third kappa shape index (κ3) is 4.71. The van der Waals surface area contributed by atoms with E-state index in [4.69, 9.17) is 16.7 Å². The van der Waals surface area contributed by atoms with Gasteiger partial charge in [0.15, 0.2) is 0 Å². The van der Waals surface area contributed by atoms with Gasteiger partial charge in [0.2, 0.25) is 10.0 Å². The van der Waals surface area contributed by atoms with Crippen molar-refractivity contribution in [2.45, 2.75) is 17.0 Å². The Bertz CT molecular complexity index is 1290. The molecule has 170 valence electrons. The van der Waals surface area contributed by atoms with Crippen molar-refractivity contribution in [1.29, 1.82) is 0 Å². The molecule has 1 aromatic heterocycles. The number of sulfonamides is 1. The number of nitrogens with one attached hydrogen (secondary N) is 1. The van der Waals surface area contributed by atoms with Crippen molar-refractivity contribution in [2.75, 3.05) is 5.32 Å². The van der Waals surface area contributed by atoms with E-state index < -0.39 is 55.7 Å². The molecule has 1 heterocycles. The van der Waals surface area contributed by atoms with Crippen LogP contribution in [0, 0.1) is 0 Å². The van der Waals surface area contributed by atoms with Crippen LogP contribution in [-0.4, -0.2) is 29.1 Å². The number of halogens is 6. The van der Waals surface area contributed by atoms with E-state index in [1.165, 1.54) is 12.1 Å². The molecule has 0 aliphatic heterocycles. The lowest BCUT2D eigenvalue weighted by atomic mass is 10.1. The number of carbonyl (C=O) groups is 1. The lowest BCUT2D eigenvalue weighted by Crippen LogP contribution is -2.32. The van der Waals surface area contributed by atoms with Crippen molar-refractivity contribution in [3.8, 4) is 5.69 Å². The van der Waals surface area contributed by atoms with Crippen LogP contribution in [-0.2, 0) is 26.9 Å². The highest BCUT2D eigenvalue weighted by Gasteiger charge is 2.42. The van der Waals surface area contributed by atoms with Gasteiger partial charge in [0.1, 0.15) is 11.2 Å². The second-order valence-corrected chi connectivity index (χ2v) is 8.18. The Morgan fingerprint density at radius 1 is 1.09 bits per heavy atom. The zero-order valence-electron chi connectivity index (χ0n) is 15.4. The van der Waals surface area contributed by atoms with Crippen LogP contribution >= 0.6 is 11.6 Å². The average Bonchev–Trinajstić information content (AvgIpc) is 3.18. The van der Waals surface area contributed by atoms with Gasteiger partial charge in [0.05, 0.1) is 10.7 Å². The van der Waals surface area contributed by atoms with Gasteiger partial charge in [-0.1, -0.05) is 29.8 Å². The molecular formula is C17H11ClF5N5O3S. The molecule has 0 unspecified atom stereocenters. The summed E-state index contributed by atoms with van der Waals surface area (Å²) in [4.78, 5) is 14.4. The maximum atomic E-state index is 14.5. The van der Waals surface area contributed by atoms with E-state index >= 15 is 0 Å². The Kier molecular flexibility index (Phi) is 5.97. The number of aromatic nitrogens is 3. The van der Waals surface area contributed by atoms with Gasteiger partial charge in [-0.2, -0.15) is 22.0 Å². The van der Waals surface area contributed by atoms with Crippen LogP contribution in [0.25, 0.3) is 5.69 Å². The van der Waals surface area contributed by atoms with Crippen LogP contribution < -0.4 is 10.5 Å². The summed E-state index contributed by atoms with van der Waals surface area (Å²) in [5.41, 5.74) is -1.67. The van der Waals surface area contributed by atoms with Crippen molar-refractivity contribution in [1.82, 2.24) is 14.8 Å². The van der Waals surface area contributed by atoms with Gasteiger partial charge in [-0.15, -0.1) is 5.10 Å². The number of primary sulfonamides is 1. The van der Waals surface area contributed by atoms with Gasteiger partial charge >= 0.3 is 12.1 Å². The van der Waals surface area contributed by atoms with Gasteiger partial charge in [-0.05, 0) is 24.3 Å². The highest BCUT2D eigenvalue weighted by molar-refractivity contribution is 7.89. The monoisotopic (exact) mass is 495 g/mol. The Balaban J connectivity index is 1.99. The summed E-state index contributed by atoms with van der Waals surface area (Å²) in [6.45, 7) is 0. The molecule has 0 saturated heterocycles. The number of nitrogens with two attached hydrogens (primary N) is 1. The molecule has 0 radical (unpaired) electrons. The molecule has 3 N–H and O–H groups in total. The van der Waals surface area contributed by atoms with E-state index in [1.807, 2.05) is 5.32 Å². The summed E-state index contributed by atoms with van der Waals surface area (Å²) in [6.07, 6.45) is -4.30. The molecule has 15 heteroatoms. The van der Waals surface area contributed by atoms with Crippen LogP contribution in [0.2, 0.25) is 5.02 Å². The molecule has 3 rings (SSSR count). The van der Waals surface area contributed by atoms with E-state index in [2.05, 4.69) is 10.1 Å². The first-order chi connectivity index (χ1) is 14.7. The fourth-order valence-electron chi connectivity index (χ4n) is 2.57.